The molecule has 0 aromatic carbocycles. The van der Waals surface area contributed by atoms with Crippen LogP contribution in [0.2, 0.25) is 0 Å². The van der Waals surface area contributed by atoms with Crippen molar-refractivity contribution in [2.24, 2.45) is 5.92 Å². The first-order valence-electron chi connectivity index (χ1n) is 2.86. The Balaban J connectivity index is 2.56. The molecule has 0 bridgehead atoms. The van der Waals surface area contributed by atoms with E-state index in [1.54, 1.807) is 0 Å². The third-order valence-corrected chi connectivity index (χ3v) is 1.70. The lowest BCUT2D eigenvalue weighted by atomic mass is 10.1. The molecule has 1 aliphatic rings. The highest BCUT2D eigenvalue weighted by Crippen LogP contribution is 2.15. The number of rotatable bonds is 0. The van der Waals surface area contributed by atoms with Crippen molar-refractivity contribution in [1.29, 1.82) is 0 Å². The predicted octanol–water partition coefficient (Wildman–Crippen LogP) is 0.610. The summed E-state index contributed by atoms with van der Waals surface area (Å²) >= 11 is 0. The fourth-order valence-corrected chi connectivity index (χ4v) is 0.751. The molecular weight excluding hydrogens is 104 g/mol. The third kappa shape index (κ3) is 0.757. The van der Waals surface area contributed by atoms with Gasteiger partial charge in [-0.25, -0.2) is 0 Å². The van der Waals surface area contributed by atoms with E-state index in [4.69, 9.17) is 4.74 Å². The molecule has 1 saturated heterocycles. The molecule has 0 aromatic heterocycles. The summed E-state index contributed by atoms with van der Waals surface area (Å²) in [6.07, 6.45) is 0.141. The van der Waals surface area contributed by atoms with Gasteiger partial charge in [-0.1, -0.05) is 6.92 Å². The zero-order chi connectivity index (χ0) is 6.15. The summed E-state index contributed by atoms with van der Waals surface area (Å²) in [6.45, 7) is 4.15. The average molecular weight is 114 g/mol. The Hall–Kier alpha value is -0.370. The molecule has 1 aliphatic heterocycles. The van der Waals surface area contributed by atoms with Crippen LogP contribution in [0, 0.1) is 5.92 Å². The number of carbonyl (C=O) groups is 1. The van der Waals surface area contributed by atoms with Crippen LogP contribution >= 0.6 is 0 Å². The van der Waals surface area contributed by atoms with Gasteiger partial charge in [0.25, 0.3) is 0 Å². The second-order valence-corrected chi connectivity index (χ2v) is 2.27. The van der Waals surface area contributed by atoms with Crippen LogP contribution in [-0.4, -0.2) is 18.5 Å². The van der Waals surface area contributed by atoms with E-state index in [-0.39, 0.29) is 17.8 Å². The molecule has 0 aliphatic carbocycles. The van der Waals surface area contributed by atoms with Crippen molar-refractivity contribution in [3.05, 3.63) is 0 Å². The van der Waals surface area contributed by atoms with Crippen molar-refractivity contribution in [3.8, 4) is 0 Å². The molecule has 0 radical (unpaired) electrons. The topological polar surface area (TPSA) is 26.3 Å². The number of ketones is 1. The van der Waals surface area contributed by atoms with Crippen LogP contribution < -0.4 is 0 Å². The zero-order valence-electron chi connectivity index (χ0n) is 5.18. The van der Waals surface area contributed by atoms with Gasteiger partial charge in [0, 0.05) is 5.92 Å². The normalized spacial score (nSPS) is 38.5. The molecule has 1 rings (SSSR count). The van der Waals surface area contributed by atoms with E-state index in [1.807, 2.05) is 13.8 Å². The fourth-order valence-electron chi connectivity index (χ4n) is 0.751. The summed E-state index contributed by atoms with van der Waals surface area (Å²) in [5.74, 6) is 0.354. The van der Waals surface area contributed by atoms with E-state index in [9.17, 15) is 4.79 Å². The molecule has 2 nitrogen and oxygen atoms in total. The van der Waals surface area contributed by atoms with Gasteiger partial charge in [-0.3, -0.25) is 4.79 Å². The Morgan fingerprint density at radius 1 is 1.62 bits per heavy atom. The highest BCUT2D eigenvalue weighted by molar-refractivity contribution is 5.83. The van der Waals surface area contributed by atoms with Crippen molar-refractivity contribution in [1.82, 2.24) is 0 Å². The minimum absolute atomic E-state index is 0.120. The summed E-state index contributed by atoms with van der Waals surface area (Å²) < 4.78 is 5.03. The lowest BCUT2D eigenvalue weighted by Crippen LogP contribution is -2.12. The van der Waals surface area contributed by atoms with Crippen LogP contribution in [0.5, 0.6) is 0 Å². The van der Waals surface area contributed by atoms with E-state index in [2.05, 4.69) is 0 Å². The maximum absolute atomic E-state index is 10.7. The molecule has 2 heteroatoms. The van der Waals surface area contributed by atoms with Gasteiger partial charge in [0.15, 0.2) is 5.78 Å². The van der Waals surface area contributed by atoms with Gasteiger partial charge in [-0.2, -0.15) is 0 Å². The van der Waals surface area contributed by atoms with Gasteiger partial charge in [0.05, 0.1) is 6.10 Å². The largest absolute Gasteiger partial charge is 0.370 e. The SMILES string of the molecule is CC1C(=O)CO[C@@H]1C. The van der Waals surface area contributed by atoms with Gasteiger partial charge in [-0.15, -0.1) is 0 Å². The smallest absolute Gasteiger partial charge is 0.163 e. The fraction of sp³-hybridized carbons (Fsp3) is 0.833. The molecule has 0 aromatic rings. The Morgan fingerprint density at radius 2 is 2.25 bits per heavy atom. The summed E-state index contributed by atoms with van der Waals surface area (Å²) in [5.41, 5.74) is 0. The van der Waals surface area contributed by atoms with Crippen molar-refractivity contribution in [2.75, 3.05) is 6.61 Å². The van der Waals surface area contributed by atoms with Gasteiger partial charge < -0.3 is 4.74 Å². The number of hydrogen-bond acceptors (Lipinski definition) is 2. The quantitative estimate of drug-likeness (QED) is 0.461. The highest BCUT2D eigenvalue weighted by Gasteiger charge is 2.27. The van der Waals surface area contributed by atoms with Gasteiger partial charge in [0.2, 0.25) is 0 Å². The van der Waals surface area contributed by atoms with E-state index < -0.39 is 0 Å². The summed E-state index contributed by atoms with van der Waals surface area (Å²) in [7, 11) is 0. The molecule has 1 heterocycles. The third-order valence-electron chi connectivity index (χ3n) is 1.70. The summed E-state index contributed by atoms with van der Waals surface area (Å²) in [4.78, 5) is 10.7. The molecular formula is C6H10O2. The molecule has 46 valence electrons. The van der Waals surface area contributed by atoms with Crippen LogP contribution in [0.4, 0.5) is 0 Å². The number of Topliss-reactive ketones (excluding diaryl/α,β-unsaturated/α-hetero) is 1. The van der Waals surface area contributed by atoms with Crippen molar-refractivity contribution in [2.45, 2.75) is 20.0 Å². The molecule has 0 amide bonds. The predicted molar refractivity (Wildman–Crippen MR) is 29.6 cm³/mol. The van der Waals surface area contributed by atoms with E-state index in [0.29, 0.717) is 6.61 Å². The number of ether oxygens (including phenoxy) is 1. The number of hydrogen-bond donors (Lipinski definition) is 0. The monoisotopic (exact) mass is 114 g/mol. The van der Waals surface area contributed by atoms with Gasteiger partial charge in [0.1, 0.15) is 6.61 Å². The Kier molecular flexibility index (Phi) is 1.34. The number of carbonyl (C=O) groups excluding carboxylic acids is 1. The first-order chi connectivity index (χ1) is 3.72. The second-order valence-electron chi connectivity index (χ2n) is 2.27. The Morgan fingerprint density at radius 3 is 2.38 bits per heavy atom. The Bertz CT molecular complexity index is 109. The zero-order valence-corrected chi connectivity index (χ0v) is 5.18. The lowest BCUT2D eigenvalue weighted by molar-refractivity contribution is -0.120. The molecule has 8 heavy (non-hydrogen) atoms. The van der Waals surface area contributed by atoms with Crippen molar-refractivity contribution >= 4 is 5.78 Å². The maximum atomic E-state index is 10.7. The van der Waals surface area contributed by atoms with E-state index in [1.165, 1.54) is 0 Å². The Labute approximate surface area is 48.8 Å². The first kappa shape index (κ1) is 5.76. The molecule has 0 N–H and O–H groups in total. The van der Waals surface area contributed by atoms with Crippen LogP contribution in [-0.2, 0) is 9.53 Å². The minimum atomic E-state index is 0.120. The molecule has 1 unspecified atom stereocenters. The second kappa shape index (κ2) is 1.86. The van der Waals surface area contributed by atoms with Crippen LogP contribution in [0.1, 0.15) is 13.8 Å². The molecule has 1 fully saturated rings. The minimum Gasteiger partial charge on any atom is -0.370 e. The van der Waals surface area contributed by atoms with Crippen LogP contribution in [0.15, 0.2) is 0 Å². The average Bonchev–Trinajstić information content (AvgIpc) is 1.98. The molecule has 2 atom stereocenters. The summed E-state index contributed by atoms with van der Waals surface area (Å²) in [5, 5.41) is 0. The molecule has 0 spiro atoms. The summed E-state index contributed by atoms with van der Waals surface area (Å²) in [6, 6.07) is 0. The van der Waals surface area contributed by atoms with Gasteiger partial charge >= 0.3 is 0 Å². The van der Waals surface area contributed by atoms with Crippen molar-refractivity contribution < 1.29 is 9.53 Å². The maximum Gasteiger partial charge on any atom is 0.163 e. The van der Waals surface area contributed by atoms with E-state index in [0.717, 1.165) is 0 Å². The first-order valence-corrected chi connectivity index (χ1v) is 2.86. The standard InChI is InChI=1S/C6H10O2/c1-4-5(2)8-3-6(4)7/h4-5H,3H2,1-2H3/t4?,5-/m1/s1. The van der Waals surface area contributed by atoms with E-state index >= 15 is 0 Å². The van der Waals surface area contributed by atoms with Crippen molar-refractivity contribution in [3.63, 3.8) is 0 Å². The van der Waals surface area contributed by atoms with Crippen LogP contribution in [0.25, 0.3) is 0 Å². The lowest BCUT2D eigenvalue weighted by Gasteiger charge is -2.02. The van der Waals surface area contributed by atoms with Gasteiger partial charge in [-0.05, 0) is 6.92 Å². The highest BCUT2D eigenvalue weighted by atomic mass is 16.5. The van der Waals surface area contributed by atoms with Crippen LogP contribution in [0.3, 0.4) is 0 Å². The molecule has 0 saturated carbocycles.